The molecule has 0 aliphatic carbocycles. The zero-order valence-corrected chi connectivity index (χ0v) is 17.5. The number of pyridine rings is 1. The Labute approximate surface area is 172 Å². The van der Waals surface area contributed by atoms with Gasteiger partial charge in [0.05, 0.1) is 6.20 Å². The van der Waals surface area contributed by atoms with Crippen molar-refractivity contribution in [3.05, 3.63) is 82.2 Å². The van der Waals surface area contributed by atoms with Crippen LogP contribution in [0.2, 0.25) is 0 Å². The Kier molecular flexibility index (Phi) is 5.76. The largest absolute Gasteiger partial charge is 0.298 e. The van der Waals surface area contributed by atoms with Crippen LogP contribution in [0.3, 0.4) is 0 Å². The second kappa shape index (κ2) is 8.46. The van der Waals surface area contributed by atoms with Crippen molar-refractivity contribution in [1.82, 2.24) is 19.7 Å². The summed E-state index contributed by atoms with van der Waals surface area (Å²) in [6.07, 6.45) is 5.16. The topological polar surface area (TPSA) is 34.0 Å². The van der Waals surface area contributed by atoms with Crippen LogP contribution in [0.25, 0.3) is 0 Å². The van der Waals surface area contributed by atoms with Gasteiger partial charge in [-0.05, 0) is 75.0 Å². The Bertz CT molecular complexity index is 977. The summed E-state index contributed by atoms with van der Waals surface area (Å²) in [4.78, 5) is 7.40. The molecule has 1 atom stereocenters. The minimum atomic E-state index is -0.188. The molecule has 0 unspecified atom stereocenters. The molecule has 1 aromatic carbocycles. The third-order valence-electron chi connectivity index (χ3n) is 6.01. The third kappa shape index (κ3) is 4.73. The summed E-state index contributed by atoms with van der Waals surface area (Å²) in [7, 11) is 2.00. The number of piperidine rings is 1. The van der Waals surface area contributed by atoms with Crippen molar-refractivity contribution in [1.29, 1.82) is 0 Å². The lowest BCUT2D eigenvalue weighted by Gasteiger charge is -2.32. The normalized spacial score (nSPS) is 17.6. The van der Waals surface area contributed by atoms with Gasteiger partial charge in [-0.1, -0.05) is 12.1 Å². The van der Waals surface area contributed by atoms with Crippen molar-refractivity contribution in [3.63, 3.8) is 0 Å². The second-order valence-corrected chi connectivity index (χ2v) is 8.30. The van der Waals surface area contributed by atoms with E-state index in [1.54, 1.807) is 0 Å². The van der Waals surface area contributed by atoms with E-state index in [9.17, 15) is 4.39 Å². The summed E-state index contributed by atoms with van der Waals surface area (Å²) in [6, 6.07) is 11.2. The minimum Gasteiger partial charge on any atom is -0.298 e. The average Bonchev–Trinajstić information content (AvgIpc) is 3.02. The van der Waals surface area contributed by atoms with Gasteiger partial charge in [0, 0.05) is 48.7 Å². The highest BCUT2D eigenvalue weighted by Gasteiger charge is 2.24. The molecule has 0 amide bonds. The van der Waals surface area contributed by atoms with E-state index in [1.165, 1.54) is 47.5 Å². The Hall–Kier alpha value is -2.53. The summed E-state index contributed by atoms with van der Waals surface area (Å²) in [5, 5.41) is 4.38. The first-order chi connectivity index (χ1) is 14.0. The predicted molar refractivity (Wildman–Crippen MR) is 113 cm³/mol. The van der Waals surface area contributed by atoms with Gasteiger partial charge < -0.3 is 0 Å². The first-order valence-corrected chi connectivity index (χ1v) is 10.4. The Morgan fingerprint density at radius 3 is 2.62 bits per heavy atom. The van der Waals surface area contributed by atoms with E-state index in [4.69, 9.17) is 4.98 Å². The van der Waals surface area contributed by atoms with Crippen LogP contribution in [0, 0.1) is 19.7 Å². The number of rotatable bonds is 5. The van der Waals surface area contributed by atoms with Crippen LogP contribution in [-0.2, 0) is 20.0 Å². The van der Waals surface area contributed by atoms with E-state index in [1.807, 2.05) is 30.1 Å². The van der Waals surface area contributed by atoms with Crippen LogP contribution < -0.4 is 0 Å². The van der Waals surface area contributed by atoms with Gasteiger partial charge in [-0.2, -0.15) is 5.10 Å². The fourth-order valence-corrected chi connectivity index (χ4v) is 4.30. The van der Waals surface area contributed by atoms with E-state index in [2.05, 4.69) is 36.0 Å². The van der Waals surface area contributed by atoms with Crippen LogP contribution >= 0.6 is 0 Å². The van der Waals surface area contributed by atoms with E-state index in [0.717, 1.165) is 37.3 Å². The number of hydrogen-bond donors (Lipinski definition) is 0. The number of aromatic nitrogens is 3. The molecule has 3 aromatic rings. The first kappa shape index (κ1) is 19.8. The molecule has 3 heterocycles. The maximum Gasteiger partial charge on any atom is 0.123 e. The van der Waals surface area contributed by atoms with Gasteiger partial charge in [-0.25, -0.2) is 4.39 Å². The van der Waals surface area contributed by atoms with Crippen LogP contribution in [0.1, 0.15) is 52.5 Å². The van der Waals surface area contributed by atoms with Crippen LogP contribution in [0.15, 0.2) is 42.6 Å². The van der Waals surface area contributed by atoms with Gasteiger partial charge in [-0.15, -0.1) is 0 Å². The Morgan fingerprint density at radius 1 is 1.10 bits per heavy atom. The summed E-state index contributed by atoms with van der Waals surface area (Å²) >= 11 is 0. The highest BCUT2D eigenvalue weighted by Crippen LogP contribution is 2.28. The van der Waals surface area contributed by atoms with Gasteiger partial charge in [0.1, 0.15) is 5.82 Å². The standard InChI is InChI=1S/C24H29FN4/c1-17-11-20(12-19-6-8-23(25)9-7-19)13-24(27-17)21-5-4-10-29(15-21)16-22-14-26-28(3)18(22)2/h6-9,11,13-14,21H,4-5,10,12,15-16H2,1-3H3/t21-/m1/s1. The fraction of sp³-hybridized carbons (Fsp3) is 0.417. The molecule has 29 heavy (non-hydrogen) atoms. The highest BCUT2D eigenvalue weighted by molar-refractivity contribution is 5.30. The number of benzene rings is 1. The van der Waals surface area contributed by atoms with Crippen LogP contribution in [-0.4, -0.2) is 32.8 Å². The van der Waals surface area contributed by atoms with Gasteiger partial charge >= 0.3 is 0 Å². The van der Waals surface area contributed by atoms with Crippen LogP contribution in [0.5, 0.6) is 0 Å². The molecule has 0 N–H and O–H groups in total. The SMILES string of the molecule is Cc1cc(Cc2ccc(F)cc2)cc([C@@H]2CCCN(Cc3cnn(C)c3C)C2)n1. The summed E-state index contributed by atoms with van der Waals surface area (Å²) in [5.74, 6) is 0.263. The number of hydrogen-bond acceptors (Lipinski definition) is 3. The number of nitrogens with zero attached hydrogens (tertiary/aromatic N) is 4. The Balaban J connectivity index is 1.49. The van der Waals surface area contributed by atoms with E-state index >= 15 is 0 Å². The number of halogens is 1. The fourth-order valence-electron chi connectivity index (χ4n) is 4.30. The maximum absolute atomic E-state index is 13.2. The molecular formula is C24H29FN4. The van der Waals surface area contributed by atoms with E-state index in [0.29, 0.717) is 5.92 Å². The average molecular weight is 393 g/mol. The predicted octanol–water partition coefficient (Wildman–Crippen LogP) is 4.54. The van der Waals surface area contributed by atoms with Gasteiger partial charge in [0.25, 0.3) is 0 Å². The lowest BCUT2D eigenvalue weighted by molar-refractivity contribution is 0.198. The number of aryl methyl sites for hydroxylation is 2. The molecule has 1 saturated heterocycles. The second-order valence-electron chi connectivity index (χ2n) is 8.30. The molecule has 5 heteroatoms. The molecule has 0 spiro atoms. The lowest BCUT2D eigenvalue weighted by Crippen LogP contribution is -2.34. The van der Waals surface area contributed by atoms with Gasteiger partial charge in [-0.3, -0.25) is 14.6 Å². The Morgan fingerprint density at radius 2 is 1.90 bits per heavy atom. The molecule has 152 valence electrons. The molecule has 0 saturated carbocycles. The van der Waals surface area contributed by atoms with E-state index in [-0.39, 0.29) is 5.82 Å². The summed E-state index contributed by atoms with van der Waals surface area (Å²) in [6.45, 7) is 7.30. The third-order valence-corrected chi connectivity index (χ3v) is 6.01. The molecule has 0 radical (unpaired) electrons. The van der Waals surface area contributed by atoms with E-state index < -0.39 is 0 Å². The van der Waals surface area contributed by atoms with Gasteiger partial charge in [0.2, 0.25) is 0 Å². The minimum absolute atomic E-state index is 0.188. The van der Waals surface area contributed by atoms with Crippen molar-refractivity contribution < 1.29 is 4.39 Å². The maximum atomic E-state index is 13.2. The lowest BCUT2D eigenvalue weighted by atomic mass is 9.92. The number of likely N-dealkylation sites (tertiary alicyclic amines) is 1. The van der Waals surface area contributed by atoms with Crippen molar-refractivity contribution in [3.8, 4) is 0 Å². The van der Waals surface area contributed by atoms with Gasteiger partial charge in [0.15, 0.2) is 0 Å². The molecule has 1 fully saturated rings. The molecule has 2 aromatic heterocycles. The summed E-state index contributed by atoms with van der Waals surface area (Å²) in [5.41, 5.74) is 7.17. The molecule has 4 nitrogen and oxygen atoms in total. The van der Waals surface area contributed by atoms with Crippen molar-refractivity contribution in [2.75, 3.05) is 13.1 Å². The molecular weight excluding hydrogens is 363 g/mol. The highest BCUT2D eigenvalue weighted by atomic mass is 19.1. The quantitative estimate of drug-likeness (QED) is 0.639. The van der Waals surface area contributed by atoms with Crippen molar-refractivity contribution in [2.24, 2.45) is 7.05 Å². The molecule has 1 aliphatic rings. The summed E-state index contributed by atoms with van der Waals surface area (Å²) < 4.78 is 15.1. The van der Waals surface area contributed by atoms with Crippen LogP contribution in [0.4, 0.5) is 4.39 Å². The zero-order chi connectivity index (χ0) is 20.4. The molecule has 4 rings (SSSR count). The first-order valence-electron chi connectivity index (χ1n) is 10.4. The van der Waals surface area contributed by atoms with Crippen molar-refractivity contribution >= 4 is 0 Å². The smallest absolute Gasteiger partial charge is 0.123 e. The zero-order valence-electron chi connectivity index (χ0n) is 17.5. The monoisotopic (exact) mass is 392 g/mol. The molecule has 0 bridgehead atoms. The van der Waals surface area contributed by atoms with Crippen molar-refractivity contribution in [2.45, 2.75) is 45.6 Å². The molecule has 1 aliphatic heterocycles.